The zero-order chi connectivity index (χ0) is 29.4. The summed E-state index contributed by atoms with van der Waals surface area (Å²) in [6, 6.07) is 31.4. The van der Waals surface area contributed by atoms with Gasteiger partial charge in [-0.25, -0.2) is 9.78 Å². The third-order valence-electron chi connectivity index (χ3n) is 10.9. The molecule has 0 spiro atoms. The van der Waals surface area contributed by atoms with Gasteiger partial charge in [0.1, 0.15) is 11.9 Å². The molecule has 2 bridgehead atoms. The van der Waals surface area contributed by atoms with Gasteiger partial charge < -0.3 is 9.30 Å². The van der Waals surface area contributed by atoms with Gasteiger partial charge in [0, 0.05) is 31.2 Å². The zero-order valence-corrected chi connectivity index (χ0v) is 25.6. The molecule has 3 atom stereocenters. The first kappa shape index (κ1) is 28.3. The van der Waals surface area contributed by atoms with Crippen molar-refractivity contribution in [2.45, 2.75) is 81.5 Å². The van der Waals surface area contributed by atoms with E-state index in [1.165, 1.54) is 43.9 Å². The van der Waals surface area contributed by atoms with E-state index in [2.05, 4.69) is 75.9 Å². The summed E-state index contributed by atoms with van der Waals surface area (Å²) in [5, 5.41) is 0. The quantitative estimate of drug-likeness (QED) is 0.215. The fourth-order valence-electron chi connectivity index (χ4n) is 8.72. The van der Waals surface area contributed by atoms with Crippen LogP contribution < -0.4 is 0 Å². The number of carbonyl (C=O) groups is 1. The van der Waals surface area contributed by atoms with E-state index in [1.807, 2.05) is 30.3 Å². The average Bonchev–Trinajstić information content (AvgIpc) is 3.51. The molecular formula is C37H44N4O2. The lowest BCUT2D eigenvalue weighted by Gasteiger charge is -2.46. The number of hydrogen-bond acceptors (Lipinski definition) is 5. The van der Waals surface area contributed by atoms with Gasteiger partial charge in [-0.05, 0) is 87.1 Å². The predicted octanol–water partition coefficient (Wildman–Crippen LogP) is 6.85. The molecule has 0 aliphatic carbocycles. The lowest BCUT2D eigenvalue weighted by atomic mass is 9.70. The number of nitrogens with zero attached hydrogens (tertiary/aromatic N) is 4. The number of piperidine rings is 2. The molecule has 43 heavy (non-hydrogen) atoms. The minimum atomic E-state index is -0.349. The molecule has 0 radical (unpaired) electrons. The van der Waals surface area contributed by atoms with E-state index in [-0.39, 0.29) is 17.4 Å². The molecule has 3 saturated heterocycles. The number of hydrogen-bond donors (Lipinski definition) is 0. The van der Waals surface area contributed by atoms with Crippen molar-refractivity contribution in [3.8, 4) is 0 Å². The normalized spacial score (nSPS) is 24.7. The summed E-state index contributed by atoms with van der Waals surface area (Å²) in [7, 11) is 1.50. The monoisotopic (exact) mass is 576 g/mol. The van der Waals surface area contributed by atoms with E-state index < -0.39 is 0 Å². The summed E-state index contributed by atoms with van der Waals surface area (Å²) in [6.45, 7) is 5.07. The van der Waals surface area contributed by atoms with Crippen molar-refractivity contribution in [3.05, 3.63) is 102 Å². The molecule has 1 aromatic heterocycles. The molecule has 0 amide bonds. The Morgan fingerprint density at radius 2 is 1.51 bits per heavy atom. The second-order valence-corrected chi connectivity index (χ2v) is 13.0. The Bertz CT molecular complexity index is 1530. The van der Waals surface area contributed by atoms with E-state index in [0.29, 0.717) is 18.1 Å². The minimum absolute atomic E-state index is 0.114. The van der Waals surface area contributed by atoms with Gasteiger partial charge >= 0.3 is 5.97 Å². The standard InChI is InChI=1S/C37H44N4O2/c1-27-38-33-15-9-10-16-34(33)41(27)32-25-30-17-18-31(26-32)40(30)24-21-37(29-13-7-4-8-14-29)19-22-39(23-20-37)35(36(42)43-2)28-11-5-3-6-12-28/h3-16,30-32,35H,17-26H2,1-2H3. The largest absolute Gasteiger partial charge is 0.468 e. The molecule has 4 aromatic rings. The van der Waals surface area contributed by atoms with Crippen molar-refractivity contribution >= 4 is 17.0 Å². The number of carbonyl (C=O) groups excluding carboxylic acids is 1. The van der Waals surface area contributed by atoms with E-state index in [9.17, 15) is 4.79 Å². The summed E-state index contributed by atoms with van der Waals surface area (Å²) in [6.07, 6.45) is 8.27. The number of rotatable bonds is 8. The first-order chi connectivity index (χ1) is 21.1. The van der Waals surface area contributed by atoms with Crippen LogP contribution in [0, 0.1) is 6.92 Å². The van der Waals surface area contributed by atoms with Crippen LogP contribution in [0.2, 0.25) is 0 Å². The third kappa shape index (κ3) is 5.29. The Kier molecular flexibility index (Phi) is 7.83. The van der Waals surface area contributed by atoms with Crippen LogP contribution >= 0.6 is 0 Å². The predicted molar refractivity (Wildman–Crippen MR) is 171 cm³/mol. The van der Waals surface area contributed by atoms with Crippen LogP contribution in [0.4, 0.5) is 0 Å². The Morgan fingerprint density at radius 1 is 0.884 bits per heavy atom. The molecule has 0 saturated carbocycles. The second kappa shape index (κ2) is 11.9. The van der Waals surface area contributed by atoms with Gasteiger partial charge in [0.15, 0.2) is 0 Å². The number of aromatic nitrogens is 2. The molecule has 0 N–H and O–H groups in total. The fourth-order valence-corrected chi connectivity index (χ4v) is 8.72. The molecular weight excluding hydrogens is 532 g/mol. The highest BCUT2D eigenvalue weighted by molar-refractivity contribution is 5.77. The fraction of sp³-hybridized carbons (Fsp3) is 0.459. The van der Waals surface area contributed by atoms with Crippen LogP contribution in [-0.2, 0) is 14.9 Å². The summed E-state index contributed by atoms with van der Waals surface area (Å²) < 4.78 is 7.82. The van der Waals surface area contributed by atoms with Crippen LogP contribution in [0.1, 0.15) is 74.0 Å². The van der Waals surface area contributed by atoms with Crippen molar-refractivity contribution in [3.63, 3.8) is 0 Å². The number of imidazole rings is 1. The van der Waals surface area contributed by atoms with Gasteiger partial charge in [0.2, 0.25) is 0 Å². The van der Waals surface area contributed by atoms with Gasteiger partial charge in [-0.2, -0.15) is 0 Å². The Balaban J connectivity index is 1.08. The number of methoxy groups -OCH3 is 1. The minimum Gasteiger partial charge on any atom is -0.468 e. The molecule has 6 heteroatoms. The Hall–Kier alpha value is -3.48. The van der Waals surface area contributed by atoms with Gasteiger partial charge in [-0.3, -0.25) is 9.80 Å². The van der Waals surface area contributed by atoms with Gasteiger partial charge in [-0.1, -0.05) is 72.8 Å². The lowest BCUT2D eigenvalue weighted by Crippen LogP contribution is -2.49. The number of benzene rings is 3. The number of ether oxygens (including phenoxy) is 1. The maximum Gasteiger partial charge on any atom is 0.327 e. The Morgan fingerprint density at radius 3 is 2.19 bits per heavy atom. The van der Waals surface area contributed by atoms with E-state index in [4.69, 9.17) is 9.72 Å². The first-order valence-corrected chi connectivity index (χ1v) is 16.2. The molecule has 3 aliphatic heterocycles. The van der Waals surface area contributed by atoms with Gasteiger partial charge in [-0.15, -0.1) is 0 Å². The highest BCUT2D eigenvalue weighted by Gasteiger charge is 2.45. The van der Waals surface area contributed by atoms with E-state index >= 15 is 0 Å². The van der Waals surface area contributed by atoms with Crippen LogP contribution in [0.15, 0.2) is 84.9 Å². The lowest BCUT2D eigenvalue weighted by molar-refractivity contribution is -0.148. The van der Waals surface area contributed by atoms with Crippen molar-refractivity contribution in [2.75, 3.05) is 26.7 Å². The third-order valence-corrected chi connectivity index (χ3v) is 10.9. The molecule has 3 fully saturated rings. The molecule has 4 heterocycles. The van der Waals surface area contributed by atoms with Crippen molar-refractivity contribution in [1.29, 1.82) is 0 Å². The number of fused-ring (bicyclic) bond motifs is 3. The smallest absolute Gasteiger partial charge is 0.327 e. The highest BCUT2D eigenvalue weighted by atomic mass is 16.5. The average molecular weight is 577 g/mol. The van der Waals surface area contributed by atoms with Crippen molar-refractivity contribution in [2.24, 2.45) is 0 Å². The molecule has 3 aliphatic rings. The summed E-state index contributed by atoms with van der Waals surface area (Å²) in [5.41, 5.74) is 4.98. The number of para-hydroxylation sites is 2. The van der Waals surface area contributed by atoms with E-state index in [1.54, 1.807) is 0 Å². The molecule has 3 aromatic carbocycles. The number of aryl methyl sites for hydroxylation is 1. The summed E-state index contributed by atoms with van der Waals surface area (Å²) in [5.74, 6) is 0.980. The summed E-state index contributed by atoms with van der Waals surface area (Å²) in [4.78, 5) is 23.1. The topological polar surface area (TPSA) is 50.6 Å². The second-order valence-electron chi connectivity index (χ2n) is 13.0. The highest BCUT2D eigenvalue weighted by Crippen LogP contribution is 2.45. The maximum atomic E-state index is 13.0. The molecule has 7 rings (SSSR count). The van der Waals surface area contributed by atoms with Gasteiger partial charge in [0.25, 0.3) is 0 Å². The number of esters is 1. The first-order valence-electron chi connectivity index (χ1n) is 16.2. The molecule has 6 nitrogen and oxygen atoms in total. The zero-order valence-electron chi connectivity index (χ0n) is 25.6. The molecule has 224 valence electrons. The van der Waals surface area contributed by atoms with Crippen LogP contribution in [0.5, 0.6) is 0 Å². The van der Waals surface area contributed by atoms with Gasteiger partial charge in [0.05, 0.1) is 18.1 Å². The summed E-state index contributed by atoms with van der Waals surface area (Å²) >= 11 is 0. The molecule has 3 unspecified atom stereocenters. The number of likely N-dealkylation sites (tertiary alicyclic amines) is 1. The van der Waals surface area contributed by atoms with Crippen molar-refractivity contribution in [1.82, 2.24) is 19.4 Å². The van der Waals surface area contributed by atoms with E-state index in [0.717, 1.165) is 55.8 Å². The van der Waals surface area contributed by atoms with Crippen LogP contribution in [-0.4, -0.2) is 64.1 Å². The maximum absolute atomic E-state index is 13.0. The van der Waals surface area contributed by atoms with Crippen LogP contribution in [0.3, 0.4) is 0 Å². The van der Waals surface area contributed by atoms with Crippen molar-refractivity contribution < 1.29 is 9.53 Å². The van der Waals surface area contributed by atoms with Crippen LogP contribution in [0.25, 0.3) is 11.0 Å². The Labute approximate surface area is 255 Å². The SMILES string of the molecule is COC(=O)C(c1ccccc1)N1CCC(CCN2C3CCC2CC(n2c(C)nc4ccccc42)C3)(c2ccccc2)CC1.